The molecule has 0 aromatic heterocycles. The molecule has 0 fully saturated rings. The van der Waals surface area contributed by atoms with E-state index in [2.05, 4.69) is 58.4 Å². The molecule has 0 aliphatic heterocycles. The van der Waals surface area contributed by atoms with Gasteiger partial charge in [0.1, 0.15) is 6.54 Å². The van der Waals surface area contributed by atoms with Crippen molar-refractivity contribution in [2.45, 2.75) is 64.2 Å². The molecule has 2 N–H and O–H groups in total. The van der Waals surface area contributed by atoms with Crippen LogP contribution in [0.25, 0.3) is 0 Å². The molecule has 118 valence electrons. The zero-order valence-electron chi connectivity index (χ0n) is 13.9. The Morgan fingerprint density at radius 3 is 1.86 bits per heavy atom. The first-order chi connectivity index (χ1) is 9.73. The fraction of sp³-hybridized carbons (Fsp3) is 0.588. The average molecular weight is 309 g/mol. The van der Waals surface area contributed by atoms with Gasteiger partial charge in [0.05, 0.1) is 0 Å². The molecule has 0 saturated carbocycles. The molecule has 0 aliphatic carbocycles. The van der Waals surface area contributed by atoms with Crippen LogP contribution in [-0.2, 0) is 4.79 Å². The van der Waals surface area contributed by atoms with E-state index < -0.39 is 5.97 Å². The summed E-state index contributed by atoms with van der Waals surface area (Å²) in [5, 5.41) is 8.79. The van der Waals surface area contributed by atoms with Gasteiger partial charge >= 0.3 is 5.97 Å². The highest BCUT2D eigenvalue weighted by atomic mass is 32.2. The van der Waals surface area contributed by atoms with Gasteiger partial charge in [-0.25, -0.2) is 4.72 Å². The highest BCUT2D eigenvalue weighted by Gasteiger charge is 2.17. The van der Waals surface area contributed by atoms with Crippen molar-refractivity contribution in [3.8, 4) is 0 Å². The highest BCUT2D eigenvalue weighted by Crippen LogP contribution is 2.37. The molecular formula is C17H27NO2S. The molecule has 0 atom stereocenters. The van der Waals surface area contributed by atoms with Crippen molar-refractivity contribution < 1.29 is 9.90 Å². The van der Waals surface area contributed by atoms with Gasteiger partial charge < -0.3 is 5.11 Å². The van der Waals surface area contributed by atoms with Crippen LogP contribution in [-0.4, -0.2) is 17.6 Å². The minimum absolute atomic E-state index is 0.0360. The molecule has 0 radical (unpaired) electrons. The Balaban J connectivity index is 3.25. The lowest BCUT2D eigenvalue weighted by molar-refractivity contribution is -0.135. The third-order valence-corrected chi connectivity index (χ3v) is 4.44. The summed E-state index contributed by atoms with van der Waals surface area (Å²) in [6.45, 7) is 13.1. The Morgan fingerprint density at radius 2 is 1.52 bits per heavy atom. The van der Waals surface area contributed by atoms with E-state index in [1.165, 1.54) is 33.5 Å². The number of carboxylic acid groups (broad SMARTS) is 1. The molecule has 1 aromatic carbocycles. The summed E-state index contributed by atoms with van der Waals surface area (Å²) in [7, 11) is 0. The highest BCUT2D eigenvalue weighted by molar-refractivity contribution is 7.97. The molecule has 0 spiro atoms. The second-order valence-electron chi connectivity index (χ2n) is 6.31. The van der Waals surface area contributed by atoms with Crippen LogP contribution in [0.3, 0.4) is 0 Å². The second-order valence-corrected chi connectivity index (χ2v) is 7.21. The van der Waals surface area contributed by atoms with Gasteiger partial charge in [-0.05, 0) is 46.4 Å². The van der Waals surface area contributed by atoms with E-state index in [1.807, 2.05) is 0 Å². The zero-order chi connectivity index (χ0) is 16.2. The van der Waals surface area contributed by atoms with Crippen LogP contribution < -0.4 is 4.72 Å². The third-order valence-electron chi connectivity index (χ3n) is 3.48. The molecule has 0 heterocycles. The Morgan fingerprint density at radius 1 is 1.05 bits per heavy atom. The van der Waals surface area contributed by atoms with Crippen LogP contribution in [0.5, 0.6) is 0 Å². The standard InChI is InChI=1S/C17H27NO2S/c1-10(2)13-7-14(11(3)4)17(15(8-13)12(5)6)21-18-9-16(19)20/h7-8,10-12,18H,9H2,1-6H3,(H,19,20). The monoisotopic (exact) mass is 309 g/mol. The van der Waals surface area contributed by atoms with Gasteiger partial charge in [0, 0.05) is 4.90 Å². The maximum Gasteiger partial charge on any atom is 0.318 e. The van der Waals surface area contributed by atoms with Crippen molar-refractivity contribution in [3.63, 3.8) is 0 Å². The predicted octanol–water partition coefficient (Wildman–Crippen LogP) is 4.74. The number of rotatable bonds is 7. The van der Waals surface area contributed by atoms with Gasteiger partial charge in [0.2, 0.25) is 0 Å². The number of hydrogen-bond acceptors (Lipinski definition) is 3. The van der Waals surface area contributed by atoms with Gasteiger partial charge in [-0.15, -0.1) is 0 Å². The van der Waals surface area contributed by atoms with Gasteiger partial charge in [0.15, 0.2) is 0 Å². The number of aliphatic carboxylic acids is 1. The summed E-state index contributed by atoms with van der Waals surface area (Å²) in [6, 6.07) is 4.54. The third kappa shape index (κ3) is 5.04. The number of nitrogens with one attached hydrogen (secondary N) is 1. The van der Waals surface area contributed by atoms with Crippen LogP contribution in [0, 0.1) is 0 Å². The van der Waals surface area contributed by atoms with E-state index in [9.17, 15) is 4.79 Å². The van der Waals surface area contributed by atoms with E-state index in [-0.39, 0.29) is 6.54 Å². The Labute approximate surface area is 132 Å². The van der Waals surface area contributed by atoms with Crippen molar-refractivity contribution in [3.05, 3.63) is 28.8 Å². The summed E-state index contributed by atoms with van der Waals surface area (Å²) in [6.07, 6.45) is 0. The summed E-state index contributed by atoms with van der Waals surface area (Å²) in [4.78, 5) is 11.9. The quantitative estimate of drug-likeness (QED) is 0.714. The molecule has 21 heavy (non-hydrogen) atoms. The molecule has 0 aliphatic rings. The van der Waals surface area contributed by atoms with Crippen molar-refractivity contribution >= 4 is 17.9 Å². The molecule has 1 aromatic rings. The van der Waals surface area contributed by atoms with Crippen molar-refractivity contribution in [2.75, 3.05) is 6.54 Å². The van der Waals surface area contributed by atoms with Crippen LogP contribution in [0.15, 0.2) is 17.0 Å². The zero-order valence-corrected chi connectivity index (χ0v) is 14.7. The molecule has 4 heteroatoms. The van der Waals surface area contributed by atoms with Gasteiger partial charge in [-0.2, -0.15) is 0 Å². The van der Waals surface area contributed by atoms with Crippen LogP contribution in [0.1, 0.15) is 76.0 Å². The second kappa shape index (κ2) is 7.85. The molecule has 0 saturated heterocycles. The molecule has 0 unspecified atom stereocenters. The summed E-state index contributed by atoms with van der Waals surface area (Å²) in [5.41, 5.74) is 3.95. The fourth-order valence-corrected chi connectivity index (χ4v) is 3.34. The average Bonchev–Trinajstić information content (AvgIpc) is 2.37. The molecular weight excluding hydrogens is 282 g/mol. The van der Waals surface area contributed by atoms with E-state index >= 15 is 0 Å². The Hall–Kier alpha value is -1.00. The van der Waals surface area contributed by atoms with Crippen molar-refractivity contribution in [1.82, 2.24) is 4.72 Å². The number of carboxylic acids is 1. The summed E-state index contributed by atoms with van der Waals surface area (Å²) >= 11 is 1.45. The van der Waals surface area contributed by atoms with Gasteiger partial charge in [-0.1, -0.05) is 53.7 Å². The lowest BCUT2D eigenvalue weighted by Gasteiger charge is -2.22. The van der Waals surface area contributed by atoms with Crippen LogP contribution >= 0.6 is 11.9 Å². The number of benzene rings is 1. The van der Waals surface area contributed by atoms with E-state index in [0.29, 0.717) is 17.8 Å². The first-order valence-electron chi connectivity index (χ1n) is 7.53. The first kappa shape index (κ1) is 18.1. The van der Waals surface area contributed by atoms with Crippen molar-refractivity contribution in [2.24, 2.45) is 0 Å². The maximum absolute atomic E-state index is 10.7. The smallest absolute Gasteiger partial charge is 0.318 e. The minimum atomic E-state index is -0.835. The Bertz CT molecular complexity index is 467. The minimum Gasteiger partial charge on any atom is -0.480 e. The van der Waals surface area contributed by atoms with E-state index in [1.54, 1.807) is 0 Å². The van der Waals surface area contributed by atoms with Crippen LogP contribution in [0.4, 0.5) is 0 Å². The molecule has 3 nitrogen and oxygen atoms in total. The SMILES string of the molecule is CC(C)c1cc(C(C)C)c(SNCC(=O)O)c(C(C)C)c1. The Kier molecular flexibility index (Phi) is 6.75. The summed E-state index contributed by atoms with van der Waals surface area (Å²) in [5.74, 6) is 0.482. The van der Waals surface area contributed by atoms with Gasteiger partial charge in [-0.3, -0.25) is 4.79 Å². The fourth-order valence-electron chi connectivity index (χ4n) is 2.18. The topological polar surface area (TPSA) is 49.3 Å². The van der Waals surface area contributed by atoms with Crippen LogP contribution in [0.2, 0.25) is 0 Å². The molecule has 0 bridgehead atoms. The van der Waals surface area contributed by atoms with E-state index in [4.69, 9.17) is 5.11 Å². The summed E-state index contributed by atoms with van der Waals surface area (Å²) < 4.78 is 2.96. The van der Waals surface area contributed by atoms with Gasteiger partial charge in [0.25, 0.3) is 0 Å². The maximum atomic E-state index is 10.7. The largest absolute Gasteiger partial charge is 0.480 e. The lowest BCUT2D eigenvalue weighted by atomic mass is 9.89. The normalized spacial score (nSPS) is 11.7. The number of carbonyl (C=O) groups is 1. The first-order valence-corrected chi connectivity index (χ1v) is 8.34. The molecule has 1 rings (SSSR count). The lowest BCUT2D eigenvalue weighted by Crippen LogP contribution is -2.16. The van der Waals surface area contributed by atoms with E-state index in [0.717, 1.165) is 0 Å². The predicted molar refractivity (Wildman–Crippen MR) is 90.2 cm³/mol. The van der Waals surface area contributed by atoms with Crippen molar-refractivity contribution in [1.29, 1.82) is 0 Å². The number of hydrogen-bond donors (Lipinski definition) is 2. The molecule has 0 amide bonds.